The maximum absolute atomic E-state index is 13.3. The van der Waals surface area contributed by atoms with E-state index in [2.05, 4.69) is 26.1 Å². The molecule has 1 aliphatic carbocycles. The lowest BCUT2D eigenvalue weighted by Gasteiger charge is -2.53. The van der Waals surface area contributed by atoms with Crippen LogP contribution in [0.1, 0.15) is 40.0 Å². The summed E-state index contributed by atoms with van der Waals surface area (Å²) < 4.78 is 18.6. The molecule has 0 atom stereocenters. The molecule has 0 aromatic heterocycles. The van der Waals surface area contributed by atoms with Gasteiger partial charge in [-0.1, -0.05) is 32.4 Å². The van der Waals surface area contributed by atoms with Crippen molar-refractivity contribution in [2.45, 2.75) is 45.6 Å². The predicted octanol–water partition coefficient (Wildman–Crippen LogP) is 3.94. The minimum Gasteiger partial charge on any atom is -0.484 e. The maximum Gasteiger partial charge on any atom is 0.258 e. The quantitative estimate of drug-likeness (QED) is 0.894. The van der Waals surface area contributed by atoms with Crippen molar-refractivity contribution in [3.8, 4) is 5.75 Å². The third-order valence-corrected chi connectivity index (χ3v) is 4.28. The van der Waals surface area contributed by atoms with Crippen molar-refractivity contribution in [1.82, 2.24) is 5.32 Å². The third kappa shape index (κ3) is 3.88. The molecule has 1 N–H and O–H groups in total. The summed E-state index contributed by atoms with van der Waals surface area (Å²) in [5.74, 6) is -0.436. The van der Waals surface area contributed by atoms with Crippen LogP contribution in [0.5, 0.6) is 5.75 Å². The van der Waals surface area contributed by atoms with Gasteiger partial charge in [-0.15, -0.1) is 0 Å². The molecular weight excluding hydrogens is 293 g/mol. The zero-order valence-corrected chi connectivity index (χ0v) is 13.4. The van der Waals surface area contributed by atoms with Crippen LogP contribution in [-0.4, -0.2) is 18.1 Å². The van der Waals surface area contributed by atoms with Crippen LogP contribution in [0.15, 0.2) is 18.2 Å². The Morgan fingerprint density at radius 1 is 1.43 bits per heavy atom. The van der Waals surface area contributed by atoms with Gasteiger partial charge in [-0.05, 0) is 36.8 Å². The van der Waals surface area contributed by atoms with E-state index in [1.54, 1.807) is 6.07 Å². The molecule has 0 spiro atoms. The second-order valence-electron chi connectivity index (χ2n) is 6.56. The van der Waals surface area contributed by atoms with E-state index in [4.69, 9.17) is 16.3 Å². The normalized spacial score (nSPS) is 18.7. The fourth-order valence-electron chi connectivity index (χ4n) is 3.25. The van der Waals surface area contributed by atoms with E-state index < -0.39 is 5.82 Å². The van der Waals surface area contributed by atoms with Gasteiger partial charge >= 0.3 is 0 Å². The highest BCUT2D eigenvalue weighted by molar-refractivity contribution is 6.30. The van der Waals surface area contributed by atoms with Gasteiger partial charge in [0.1, 0.15) is 11.6 Å². The number of ether oxygens (including phenoxy) is 1. The molecule has 1 aromatic carbocycles. The van der Waals surface area contributed by atoms with Crippen LogP contribution >= 0.6 is 11.6 Å². The van der Waals surface area contributed by atoms with Gasteiger partial charge in [0.25, 0.3) is 5.91 Å². The summed E-state index contributed by atoms with van der Waals surface area (Å²) in [5, 5.41) is 3.08. The fraction of sp³-hybridized carbons (Fsp3) is 0.562. The SMILES string of the molecule is CCC1(NC(=O)COc2ccc(Cl)c(F)c2)CC(C)(C)C1. The van der Waals surface area contributed by atoms with E-state index in [0.717, 1.165) is 19.3 Å². The summed E-state index contributed by atoms with van der Waals surface area (Å²) in [6, 6.07) is 4.13. The first-order valence-corrected chi connectivity index (χ1v) is 7.52. The molecule has 5 heteroatoms. The molecule has 1 fully saturated rings. The van der Waals surface area contributed by atoms with Crippen molar-refractivity contribution in [1.29, 1.82) is 0 Å². The molecule has 21 heavy (non-hydrogen) atoms. The number of hydrogen-bond acceptors (Lipinski definition) is 2. The van der Waals surface area contributed by atoms with Crippen molar-refractivity contribution in [3.63, 3.8) is 0 Å². The summed E-state index contributed by atoms with van der Waals surface area (Å²) in [6.07, 6.45) is 2.84. The highest BCUT2D eigenvalue weighted by atomic mass is 35.5. The van der Waals surface area contributed by atoms with E-state index in [0.29, 0.717) is 5.75 Å². The Bertz CT molecular complexity index is 537. The zero-order chi connectivity index (χ0) is 15.7. The van der Waals surface area contributed by atoms with Gasteiger partial charge in [0, 0.05) is 11.6 Å². The second-order valence-corrected chi connectivity index (χ2v) is 6.97. The average molecular weight is 314 g/mol. The van der Waals surface area contributed by atoms with E-state index in [1.807, 2.05) is 0 Å². The van der Waals surface area contributed by atoms with Crippen LogP contribution in [-0.2, 0) is 4.79 Å². The maximum atomic E-state index is 13.3. The summed E-state index contributed by atoms with van der Waals surface area (Å²) in [4.78, 5) is 12.0. The Morgan fingerprint density at radius 3 is 2.62 bits per heavy atom. The highest BCUT2D eigenvalue weighted by Gasteiger charge is 2.48. The molecule has 116 valence electrons. The van der Waals surface area contributed by atoms with Crippen LogP contribution in [0, 0.1) is 11.2 Å². The van der Waals surface area contributed by atoms with Gasteiger partial charge in [0.15, 0.2) is 6.61 Å². The van der Waals surface area contributed by atoms with Crippen molar-refractivity contribution in [2.75, 3.05) is 6.61 Å². The lowest BCUT2D eigenvalue weighted by molar-refractivity contribution is -0.128. The summed E-state index contributed by atoms with van der Waals surface area (Å²) in [7, 11) is 0. The molecule has 3 nitrogen and oxygen atoms in total. The van der Waals surface area contributed by atoms with Crippen LogP contribution in [0.3, 0.4) is 0 Å². The number of hydrogen-bond donors (Lipinski definition) is 1. The van der Waals surface area contributed by atoms with Crippen molar-refractivity contribution in [3.05, 3.63) is 29.0 Å². The summed E-state index contributed by atoms with van der Waals surface area (Å²) in [6.45, 7) is 6.34. The van der Waals surface area contributed by atoms with Crippen LogP contribution in [0.4, 0.5) is 4.39 Å². The van der Waals surface area contributed by atoms with Crippen molar-refractivity contribution >= 4 is 17.5 Å². The number of rotatable bonds is 5. The monoisotopic (exact) mass is 313 g/mol. The lowest BCUT2D eigenvalue weighted by atomic mass is 9.58. The first-order chi connectivity index (χ1) is 9.75. The molecule has 1 saturated carbocycles. The number of amides is 1. The van der Waals surface area contributed by atoms with E-state index in [-0.39, 0.29) is 28.5 Å². The molecule has 0 saturated heterocycles. The topological polar surface area (TPSA) is 38.3 Å². The largest absolute Gasteiger partial charge is 0.484 e. The third-order valence-electron chi connectivity index (χ3n) is 3.98. The zero-order valence-electron chi connectivity index (χ0n) is 12.6. The smallest absolute Gasteiger partial charge is 0.258 e. The first kappa shape index (κ1) is 16.1. The Morgan fingerprint density at radius 2 is 2.10 bits per heavy atom. The molecule has 2 rings (SSSR count). The predicted molar refractivity (Wildman–Crippen MR) is 81.1 cm³/mol. The number of carbonyl (C=O) groups excluding carboxylic acids is 1. The van der Waals surface area contributed by atoms with Gasteiger partial charge in [-0.2, -0.15) is 0 Å². The molecular formula is C16H21ClFNO2. The molecule has 0 aliphatic heterocycles. The summed E-state index contributed by atoms with van der Waals surface area (Å²) in [5.41, 5.74) is 0.165. The molecule has 0 heterocycles. The number of benzene rings is 1. The van der Waals surface area contributed by atoms with Gasteiger partial charge in [-0.3, -0.25) is 4.79 Å². The Kier molecular flexibility index (Phi) is 4.47. The molecule has 0 unspecified atom stereocenters. The lowest BCUT2D eigenvalue weighted by Crippen LogP contribution is -2.60. The standard InChI is InChI=1S/C16H21ClFNO2/c1-4-16(9-15(2,3)10-16)19-14(20)8-21-11-5-6-12(17)13(18)7-11/h5-7H,4,8-10H2,1-3H3,(H,19,20). The Hall–Kier alpha value is -1.29. The summed E-state index contributed by atoms with van der Waals surface area (Å²) >= 11 is 5.59. The first-order valence-electron chi connectivity index (χ1n) is 7.14. The van der Waals surface area contributed by atoms with Gasteiger partial charge < -0.3 is 10.1 Å². The van der Waals surface area contributed by atoms with Crippen LogP contribution in [0.2, 0.25) is 5.02 Å². The second kappa shape index (κ2) is 5.84. The number of nitrogens with one attached hydrogen (secondary N) is 1. The fourth-order valence-corrected chi connectivity index (χ4v) is 3.37. The Balaban J connectivity index is 1.86. The van der Waals surface area contributed by atoms with E-state index in [1.165, 1.54) is 12.1 Å². The number of halogens is 2. The highest BCUT2D eigenvalue weighted by Crippen LogP contribution is 2.49. The van der Waals surface area contributed by atoms with Crippen LogP contribution in [0.25, 0.3) is 0 Å². The van der Waals surface area contributed by atoms with E-state index >= 15 is 0 Å². The Labute approximate surface area is 129 Å². The molecule has 0 bridgehead atoms. The van der Waals surface area contributed by atoms with Crippen molar-refractivity contribution < 1.29 is 13.9 Å². The average Bonchev–Trinajstić information content (AvgIpc) is 2.37. The molecule has 1 aliphatic rings. The molecule has 0 radical (unpaired) electrons. The van der Waals surface area contributed by atoms with Gasteiger partial charge in [0.2, 0.25) is 0 Å². The number of carbonyl (C=O) groups is 1. The van der Waals surface area contributed by atoms with E-state index in [9.17, 15) is 9.18 Å². The van der Waals surface area contributed by atoms with Gasteiger partial charge in [0.05, 0.1) is 5.02 Å². The minimum atomic E-state index is -0.555. The molecule has 1 amide bonds. The minimum absolute atomic E-state index is 0.0356. The van der Waals surface area contributed by atoms with Crippen molar-refractivity contribution in [2.24, 2.45) is 5.41 Å². The van der Waals surface area contributed by atoms with Gasteiger partial charge in [-0.25, -0.2) is 4.39 Å². The van der Waals surface area contributed by atoms with Crippen LogP contribution < -0.4 is 10.1 Å². The molecule has 1 aromatic rings.